The van der Waals surface area contributed by atoms with Crippen LogP contribution in [0.1, 0.15) is 40.3 Å². The van der Waals surface area contributed by atoms with Crippen molar-refractivity contribution in [3.8, 4) is 0 Å². The Morgan fingerprint density at radius 3 is 2.81 bits per heavy atom. The van der Waals surface area contributed by atoms with Gasteiger partial charge in [-0.2, -0.15) is 0 Å². The van der Waals surface area contributed by atoms with Crippen LogP contribution in [0.5, 0.6) is 0 Å². The minimum absolute atomic E-state index is 0.0361. The predicted octanol–water partition coefficient (Wildman–Crippen LogP) is 4.34. The number of aryl methyl sites for hydroxylation is 1. The van der Waals surface area contributed by atoms with E-state index in [0.717, 1.165) is 36.8 Å². The van der Waals surface area contributed by atoms with E-state index in [2.05, 4.69) is 26.8 Å². The van der Waals surface area contributed by atoms with E-state index in [4.69, 9.17) is 0 Å². The number of hydrogen-bond acceptors (Lipinski definition) is 5. The highest BCUT2D eigenvalue weighted by Crippen LogP contribution is 2.23. The van der Waals surface area contributed by atoms with E-state index in [1.54, 1.807) is 6.20 Å². The van der Waals surface area contributed by atoms with Gasteiger partial charge in [0, 0.05) is 48.2 Å². The zero-order chi connectivity index (χ0) is 22.5. The first-order valence-corrected chi connectivity index (χ1v) is 10.7. The second-order valence-electron chi connectivity index (χ2n) is 8.01. The van der Waals surface area contributed by atoms with E-state index in [1.807, 2.05) is 54.3 Å². The second-order valence-corrected chi connectivity index (χ2v) is 8.01. The number of halogens is 1. The Hall–Kier alpha value is -3.61. The Morgan fingerprint density at radius 1 is 1.22 bits per heavy atom. The minimum Gasteiger partial charge on any atom is -0.367 e. The molecule has 6 nitrogen and oxygen atoms in total. The number of nitrogens with zero attached hydrogens (tertiary/aromatic N) is 4. The van der Waals surface area contributed by atoms with Crippen molar-refractivity contribution in [1.29, 1.82) is 0 Å². The van der Waals surface area contributed by atoms with Gasteiger partial charge in [0.15, 0.2) is 17.5 Å². The number of nitrogens with one attached hydrogen (secondary N) is 1. The number of aromatic nitrogens is 3. The third-order valence-electron chi connectivity index (χ3n) is 5.73. The van der Waals surface area contributed by atoms with Crippen LogP contribution in [0.4, 0.5) is 10.2 Å². The number of amides is 1. The molecule has 7 heteroatoms. The van der Waals surface area contributed by atoms with Crippen LogP contribution in [0, 0.1) is 18.7 Å². The molecule has 0 aliphatic carbocycles. The van der Waals surface area contributed by atoms with Gasteiger partial charge in [0.05, 0.1) is 6.20 Å². The number of rotatable bonds is 6. The molecule has 0 radical (unpaired) electrons. The van der Waals surface area contributed by atoms with Gasteiger partial charge in [-0.3, -0.25) is 9.78 Å². The van der Waals surface area contributed by atoms with Gasteiger partial charge in [0.25, 0.3) is 5.91 Å². The maximum Gasteiger partial charge on any atom is 0.253 e. The molecule has 0 spiro atoms. The Kier molecular flexibility index (Phi) is 6.54. The molecule has 1 atom stereocenters. The summed E-state index contributed by atoms with van der Waals surface area (Å²) in [4.78, 5) is 27.4. The molecule has 0 unspecified atom stereocenters. The first-order chi connectivity index (χ1) is 15.5. The van der Waals surface area contributed by atoms with Crippen molar-refractivity contribution in [1.82, 2.24) is 19.9 Å². The van der Waals surface area contributed by atoms with Gasteiger partial charge < -0.3 is 10.2 Å². The Morgan fingerprint density at radius 2 is 2.03 bits per heavy atom. The monoisotopic (exact) mass is 431 g/mol. The largest absolute Gasteiger partial charge is 0.367 e. The third-order valence-corrected chi connectivity index (χ3v) is 5.73. The van der Waals surface area contributed by atoms with Crippen LogP contribution in [0.3, 0.4) is 0 Å². The molecule has 1 amide bonds. The standard InChI is InChI=1S/C25H26FN5O/c1-17(21-11-6-12-27-18(21)2)23-29-15-22(26)24(30-23)28-14-19-8-7-13-31(16-19)25(32)20-9-4-3-5-10-20/h3-6,9-12,15,19H,1,7-8,13-14,16H2,2H3,(H,28,29,30)/t19-/m1/s1. The van der Waals surface area contributed by atoms with Crippen LogP contribution in [0.25, 0.3) is 5.57 Å². The van der Waals surface area contributed by atoms with Crippen LogP contribution in [0.15, 0.2) is 61.4 Å². The van der Waals surface area contributed by atoms with Gasteiger partial charge in [-0.25, -0.2) is 14.4 Å². The van der Waals surface area contributed by atoms with Crippen LogP contribution in [-0.4, -0.2) is 45.4 Å². The summed E-state index contributed by atoms with van der Waals surface area (Å²) >= 11 is 0. The van der Waals surface area contributed by atoms with Crippen LogP contribution in [-0.2, 0) is 0 Å². The van der Waals surface area contributed by atoms with Gasteiger partial charge in [0.1, 0.15) is 0 Å². The first-order valence-electron chi connectivity index (χ1n) is 10.7. The first kappa shape index (κ1) is 21.6. The van der Waals surface area contributed by atoms with Gasteiger partial charge in [-0.1, -0.05) is 30.8 Å². The van der Waals surface area contributed by atoms with Crippen molar-refractivity contribution in [3.63, 3.8) is 0 Å². The summed E-state index contributed by atoms with van der Waals surface area (Å²) in [6.45, 7) is 7.84. The molecule has 1 saturated heterocycles. The van der Waals surface area contributed by atoms with E-state index in [-0.39, 0.29) is 17.6 Å². The molecule has 2 aromatic heterocycles. The van der Waals surface area contributed by atoms with Crippen molar-refractivity contribution in [3.05, 3.63) is 89.9 Å². The molecule has 32 heavy (non-hydrogen) atoms. The quantitative estimate of drug-likeness (QED) is 0.629. The van der Waals surface area contributed by atoms with Crippen molar-refractivity contribution in [2.45, 2.75) is 19.8 Å². The number of anilines is 1. The molecule has 1 aliphatic rings. The van der Waals surface area contributed by atoms with E-state index < -0.39 is 5.82 Å². The summed E-state index contributed by atoms with van der Waals surface area (Å²) in [5.74, 6) is 0.225. The lowest BCUT2D eigenvalue weighted by atomic mass is 9.97. The van der Waals surface area contributed by atoms with Gasteiger partial charge in [-0.05, 0) is 43.9 Å². The molecule has 3 heterocycles. The number of benzene rings is 1. The lowest BCUT2D eigenvalue weighted by Crippen LogP contribution is -2.41. The SMILES string of the molecule is C=C(c1ncc(F)c(NC[C@H]2CCCN(C(=O)c3ccccc3)C2)n1)c1cccnc1C. The zero-order valence-corrected chi connectivity index (χ0v) is 18.1. The molecule has 0 saturated carbocycles. The molecule has 164 valence electrons. The third kappa shape index (κ3) is 4.82. The van der Waals surface area contributed by atoms with Crippen LogP contribution >= 0.6 is 0 Å². The Labute approximate surface area is 187 Å². The average Bonchev–Trinajstić information content (AvgIpc) is 2.83. The highest BCUT2D eigenvalue weighted by Gasteiger charge is 2.25. The van der Waals surface area contributed by atoms with Crippen molar-refractivity contribution < 1.29 is 9.18 Å². The van der Waals surface area contributed by atoms with E-state index in [0.29, 0.717) is 30.1 Å². The Bertz CT molecular complexity index is 1120. The van der Waals surface area contributed by atoms with Crippen molar-refractivity contribution >= 4 is 17.3 Å². The summed E-state index contributed by atoms with van der Waals surface area (Å²) < 4.78 is 14.4. The van der Waals surface area contributed by atoms with E-state index in [9.17, 15) is 9.18 Å². The number of hydrogen-bond donors (Lipinski definition) is 1. The van der Waals surface area contributed by atoms with Gasteiger partial charge in [0.2, 0.25) is 0 Å². The summed E-state index contributed by atoms with van der Waals surface area (Å²) in [7, 11) is 0. The molecule has 1 fully saturated rings. The van der Waals surface area contributed by atoms with E-state index in [1.165, 1.54) is 0 Å². The summed E-state index contributed by atoms with van der Waals surface area (Å²) in [6, 6.07) is 13.0. The lowest BCUT2D eigenvalue weighted by Gasteiger charge is -2.33. The number of carbonyl (C=O) groups excluding carboxylic acids is 1. The lowest BCUT2D eigenvalue weighted by molar-refractivity contribution is 0.0680. The minimum atomic E-state index is -0.516. The number of carbonyl (C=O) groups is 1. The average molecular weight is 432 g/mol. The van der Waals surface area contributed by atoms with Gasteiger partial charge >= 0.3 is 0 Å². The topological polar surface area (TPSA) is 71.0 Å². The molecule has 0 bridgehead atoms. The summed E-state index contributed by atoms with van der Waals surface area (Å²) in [5, 5.41) is 3.12. The number of pyridine rings is 1. The van der Waals surface area contributed by atoms with Crippen molar-refractivity contribution in [2.75, 3.05) is 25.0 Å². The number of piperidine rings is 1. The highest BCUT2D eigenvalue weighted by atomic mass is 19.1. The summed E-state index contributed by atoms with van der Waals surface area (Å²) in [5.41, 5.74) is 2.92. The van der Waals surface area contributed by atoms with E-state index >= 15 is 0 Å². The predicted molar refractivity (Wildman–Crippen MR) is 123 cm³/mol. The normalized spacial score (nSPS) is 15.9. The smallest absolute Gasteiger partial charge is 0.253 e. The zero-order valence-electron chi connectivity index (χ0n) is 18.1. The molecular weight excluding hydrogens is 405 g/mol. The van der Waals surface area contributed by atoms with Gasteiger partial charge in [-0.15, -0.1) is 0 Å². The van der Waals surface area contributed by atoms with Crippen LogP contribution < -0.4 is 5.32 Å². The highest BCUT2D eigenvalue weighted by molar-refractivity contribution is 5.94. The molecular formula is C25H26FN5O. The van der Waals surface area contributed by atoms with Crippen LogP contribution in [0.2, 0.25) is 0 Å². The second kappa shape index (κ2) is 9.68. The Balaban J connectivity index is 1.42. The molecule has 1 aromatic carbocycles. The fourth-order valence-corrected chi connectivity index (χ4v) is 3.98. The fraction of sp³-hybridized carbons (Fsp3) is 0.280. The summed E-state index contributed by atoms with van der Waals surface area (Å²) in [6.07, 6.45) is 4.75. The van der Waals surface area contributed by atoms with Crippen molar-refractivity contribution in [2.24, 2.45) is 5.92 Å². The molecule has 1 aliphatic heterocycles. The molecule has 3 aromatic rings. The number of likely N-dealkylation sites (tertiary alicyclic amines) is 1. The molecule has 1 N–H and O–H groups in total. The molecule has 4 rings (SSSR count). The maximum absolute atomic E-state index is 14.4. The fourth-order valence-electron chi connectivity index (χ4n) is 3.98. The maximum atomic E-state index is 14.4.